The Morgan fingerprint density at radius 1 is 0.963 bits per heavy atom. The molecule has 0 heterocycles. The number of rotatable bonds is 4. The third-order valence-electron chi connectivity index (χ3n) is 3.38. The molecule has 27 heavy (non-hydrogen) atoms. The van der Waals surface area contributed by atoms with Crippen molar-refractivity contribution in [2.24, 2.45) is 0 Å². The Kier molecular flexibility index (Phi) is 6.56. The zero-order chi connectivity index (χ0) is 20.0. The molecule has 0 aliphatic rings. The van der Waals surface area contributed by atoms with E-state index < -0.39 is 23.7 Å². The van der Waals surface area contributed by atoms with Gasteiger partial charge in [-0.05, 0) is 42.5 Å². The van der Waals surface area contributed by atoms with Crippen molar-refractivity contribution in [1.82, 2.24) is 5.32 Å². The molecule has 0 saturated heterocycles. The standard InChI is InChI=1S/C18H15FN2O5S/c1-25-16(23)10-7-11(17(24)26-2)9-12(8-10)20-18(27)21-15(22)13-5-3-4-6-14(13)19/h3-9H,1-2H3,(H2,20,21,22,27). The van der Waals surface area contributed by atoms with Gasteiger partial charge in [0.2, 0.25) is 0 Å². The first-order valence-corrected chi connectivity index (χ1v) is 7.95. The van der Waals surface area contributed by atoms with E-state index in [2.05, 4.69) is 20.1 Å². The highest BCUT2D eigenvalue weighted by Crippen LogP contribution is 2.17. The van der Waals surface area contributed by atoms with Crippen molar-refractivity contribution in [3.63, 3.8) is 0 Å². The van der Waals surface area contributed by atoms with Crippen LogP contribution in [0.15, 0.2) is 42.5 Å². The van der Waals surface area contributed by atoms with Gasteiger partial charge in [0.15, 0.2) is 5.11 Å². The molecule has 2 aromatic rings. The molecule has 0 radical (unpaired) electrons. The van der Waals surface area contributed by atoms with Gasteiger partial charge in [-0.15, -0.1) is 0 Å². The molecule has 140 valence electrons. The normalized spacial score (nSPS) is 9.89. The number of methoxy groups -OCH3 is 2. The van der Waals surface area contributed by atoms with Crippen molar-refractivity contribution < 1.29 is 28.2 Å². The predicted molar refractivity (Wildman–Crippen MR) is 99.2 cm³/mol. The molecule has 0 bridgehead atoms. The van der Waals surface area contributed by atoms with Gasteiger partial charge in [0.25, 0.3) is 5.91 Å². The number of anilines is 1. The molecule has 2 N–H and O–H groups in total. The summed E-state index contributed by atoms with van der Waals surface area (Å²) in [7, 11) is 2.39. The fourth-order valence-electron chi connectivity index (χ4n) is 2.15. The van der Waals surface area contributed by atoms with Crippen molar-refractivity contribution in [3.8, 4) is 0 Å². The number of ether oxygens (including phenoxy) is 2. The summed E-state index contributed by atoms with van der Waals surface area (Å²) in [5.41, 5.74) is 0.203. The van der Waals surface area contributed by atoms with E-state index in [0.29, 0.717) is 0 Å². The first kappa shape index (κ1) is 20.0. The number of carbonyl (C=O) groups is 3. The third kappa shape index (κ3) is 5.08. The zero-order valence-corrected chi connectivity index (χ0v) is 15.2. The van der Waals surface area contributed by atoms with Crippen LogP contribution in [0, 0.1) is 5.82 Å². The van der Waals surface area contributed by atoms with Crippen molar-refractivity contribution >= 4 is 40.9 Å². The fraction of sp³-hybridized carbons (Fsp3) is 0.111. The van der Waals surface area contributed by atoms with Crippen LogP contribution in [0.4, 0.5) is 10.1 Å². The van der Waals surface area contributed by atoms with Crippen LogP contribution in [0.1, 0.15) is 31.1 Å². The highest BCUT2D eigenvalue weighted by molar-refractivity contribution is 7.80. The second-order valence-electron chi connectivity index (χ2n) is 5.17. The minimum absolute atomic E-state index is 0.0751. The summed E-state index contributed by atoms with van der Waals surface area (Å²) in [5.74, 6) is -2.79. The van der Waals surface area contributed by atoms with E-state index in [4.69, 9.17) is 12.2 Å². The Morgan fingerprint density at radius 3 is 2.04 bits per heavy atom. The van der Waals surface area contributed by atoms with Crippen molar-refractivity contribution in [2.75, 3.05) is 19.5 Å². The van der Waals surface area contributed by atoms with E-state index in [1.54, 1.807) is 0 Å². The summed E-state index contributed by atoms with van der Waals surface area (Å²) < 4.78 is 22.9. The lowest BCUT2D eigenvalue weighted by molar-refractivity contribution is 0.0599. The van der Waals surface area contributed by atoms with E-state index in [1.165, 1.54) is 50.6 Å². The van der Waals surface area contributed by atoms with E-state index in [0.717, 1.165) is 6.07 Å². The molecular weight excluding hydrogens is 375 g/mol. The summed E-state index contributed by atoms with van der Waals surface area (Å²) in [4.78, 5) is 35.6. The molecule has 0 unspecified atom stereocenters. The summed E-state index contributed by atoms with van der Waals surface area (Å²) >= 11 is 5.03. The van der Waals surface area contributed by atoms with Crippen LogP contribution < -0.4 is 10.6 Å². The molecule has 0 aromatic heterocycles. The molecule has 0 atom stereocenters. The number of esters is 2. The monoisotopic (exact) mass is 390 g/mol. The smallest absolute Gasteiger partial charge is 0.337 e. The first-order chi connectivity index (χ1) is 12.8. The molecule has 0 fully saturated rings. The average molecular weight is 390 g/mol. The predicted octanol–water partition coefficient (Wildman–Crippen LogP) is 2.53. The lowest BCUT2D eigenvalue weighted by Crippen LogP contribution is -2.34. The number of amides is 1. The number of halogens is 1. The van der Waals surface area contributed by atoms with Crippen molar-refractivity contribution in [1.29, 1.82) is 0 Å². The van der Waals surface area contributed by atoms with Gasteiger partial charge >= 0.3 is 11.9 Å². The van der Waals surface area contributed by atoms with Crippen LogP contribution in [0.2, 0.25) is 0 Å². The Morgan fingerprint density at radius 2 is 1.52 bits per heavy atom. The molecular formula is C18H15FN2O5S. The van der Waals surface area contributed by atoms with Crippen LogP contribution in [0.3, 0.4) is 0 Å². The lowest BCUT2D eigenvalue weighted by Gasteiger charge is -2.12. The minimum atomic E-state index is -0.747. The van der Waals surface area contributed by atoms with Crippen molar-refractivity contribution in [2.45, 2.75) is 0 Å². The van der Waals surface area contributed by atoms with E-state index in [9.17, 15) is 18.8 Å². The molecule has 0 spiro atoms. The topological polar surface area (TPSA) is 93.7 Å². The van der Waals surface area contributed by atoms with Gasteiger partial charge in [-0.25, -0.2) is 14.0 Å². The van der Waals surface area contributed by atoms with Gasteiger partial charge in [-0.2, -0.15) is 0 Å². The molecule has 1 amide bonds. The molecule has 0 saturated carbocycles. The second-order valence-corrected chi connectivity index (χ2v) is 5.58. The number of carbonyl (C=O) groups excluding carboxylic acids is 3. The zero-order valence-electron chi connectivity index (χ0n) is 14.4. The van der Waals surface area contributed by atoms with E-state index in [-0.39, 0.29) is 27.5 Å². The SMILES string of the molecule is COC(=O)c1cc(NC(=S)NC(=O)c2ccccc2F)cc(C(=O)OC)c1. The van der Waals surface area contributed by atoms with E-state index >= 15 is 0 Å². The summed E-state index contributed by atoms with van der Waals surface area (Å²) in [6.45, 7) is 0. The van der Waals surface area contributed by atoms with Crippen LogP contribution in [0.25, 0.3) is 0 Å². The number of nitrogens with one attached hydrogen (secondary N) is 2. The maximum absolute atomic E-state index is 13.7. The number of hydrogen-bond donors (Lipinski definition) is 2. The molecule has 2 aromatic carbocycles. The minimum Gasteiger partial charge on any atom is -0.465 e. The number of benzene rings is 2. The van der Waals surface area contributed by atoms with Crippen molar-refractivity contribution in [3.05, 3.63) is 65.0 Å². The number of thiocarbonyl (C=S) groups is 1. The van der Waals surface area contributed by atoms with Crippen LogP contribution in [0.5, 0.6) is 0 Å². The molecule has 0 aliphatic carbocycles. The van der Waals surface area contributed by atoms with Crippen LogP contribution in [-0.2, 0) is 9.47 Å². The Bertz CT molecular complexity index is 882. The van der Waals surface area contributed by atoms with Gasteiger partial charge in [0, 0.05) is 5.69 Å². The van der Waals surface area contributed by atoms with Gasteiger partial charge in [-0.3, -0.25) is 10.1 Å². The number of hydrogen-bond acceptors (Lipinski definition) is 6. The van der Waals surface area contributed by atoms with Crippen LogP contribution in [-0.4, -0.2) is 37.2 Å². The highest BCUT2D eigenvalue weighted by Gasteiger charge is 2.16. The van der Waals surface area contributed by atoms with E-state index in [1.807, 2.05) is 0 Å². The largest absolute Gasteiger partial charge is 0.465 e. The van der Waals surface area contributed by atoms with Gasteiger partial charge in [0.1, 0.15) is 5.82 Å². The van der Waals surface area contributed by atoms with Gasteiger partial charge in [0.05, 0.1) is 30.9 Å². The third-order valence-corrected chi connectivity index (χ3v) is 3.58. The second kappa shape index (κ2) is 8.86. The summed E-state index contributed by atoms with van der Waals surface area (Å²) in [5, 5.41) is 4.83. The highest BCUT2D eigenvalue weighted by atomic mass is 32.1. The summed E-state index contributed by atoms with van der Waals surface area (Å²) in [6, 6.07) is 9.46. The maximum Gasteiger partial charge on any atom is 0.337 e. The molecule has 2 rings (SSSR count). The quantitative estimate of drug-likeness (QED) is 0.612. The Labute approximate surface area is 159 Å². The lowest BCUT2D eigenvalue weighted by atomic mass is 10.1. The fourth-order valence-corrected chi connectivity index (χ4v) is 2.36. The Hall–Kier alpha value is -3.33. The maximum atomic E-state index is 13.7. The molecule has 0 aliphatic heterocycles. The van der Waals surface area contributed by atoms with Crippen LogP contribution >= 0.6 is 12.2 Å². The van der Waals surface area contributed by atoms with Gasteiger partial charge in [-0.1, -0.05) is 12.1 Å². The molecule has 9 heteroatoms. The average Bonchev–Trinajstić information content (AvgIpc) is 2.66. The molecule has 7 nitrogen and oxygen atoms in total. The van der Waals surface area contributed by atoms with Gasteiger partial charge < -0.3 is 14.8 Å². The summed E-state index contributed by atoms with van der Waals surface area (Å²) in [6.07, 6.45) is 0. The first-order valence-electron chi connectivity index (χ1n) is 7.54. The Balaban J connectivity index is 2.21.